The Balaban J connectivity index is 1.81. The molecule has 0 atom stereocenters. The van der Waals surface area contributed by atoms with E-state index in [4.69, 9.17) is 9.88 Å². The summed E-state index contributed by atoms with van der Waals surface area (Å²) >= 11 is 0. The Labute approximate surface area is 181 Å². The maximum Gasteiger partial charge on any atom is 0.573 e. The summed E-state index contributed by atoms with van der Waals surface area (Å²) in [5.41, 5.74) is 1.10. The normalized spacial score (nSPS) is 11.7. The number of methoxy groups -OCH3 is 1. The van der Waals surface area contributed by atoms with E-state index in [1.807, 2.05) is 0 Å². The highest BCUT2D eigenvalue weighted by atomic mass is 32.2. The van der Waals surface area contributed by atoms with Crippen LogP contribution in [0.3, 0.4) is 0 Å². The largest absolute Gasteiger partial charge is 0.573 e. The van der Waals surface area contributed by atoms with Crippen LogP contribution in [0.2, 0.25) is 0 Å². The SMILES string of the molecule is COc1cc(NC(=O)c2ccc(-c3ccccc3OC(F)(F)F)cc2)ccc1S(N)(=O)=O. The van der Waals surface area contributed by atoms with Crippen molar-refractivity contribution >= 4 is 21.6 Å². The Kier molecular flexibility index (Phi) is 6.42. The number of ether oxygens (including phenoxy) is 2. The lowest BCUT2D eigenvalue weighted by Gasteiger charge is -2.13. The summed E-state index contributed by atoms with van der Waals surface area (Å²) in [5.74, 6) is -0.928. The van der Waals surface area contributed by atoms with Crippen LogP contribution in [0, 0.1) is 0 Å². The molecule has 3 rings (SSSR count). The molecule has 32 heavy (non-hydrogen) atoms. The molecular formula is C21H17F3N2O5S. The van der Waals surface area contributed by atoms with Crippen LogP contribution in [0.5, 0.6) is 11.5 Å². The van der Waals surface area contributed by atoms with Crippen LogP contribution >= 0.6 is 0 Å². The van der Waals surface area contributed by atoms with E-state index in [9.17, 15) is 26.4 Å². The molecule has 0 bridgehead atoms. The van der Waals surface area contributed by atoms with E-state index in [0.717, 1.165) is 0 Å². The molecule has 0 radical (unpaired) electrons. The fourth-order valence-electron chi connectivity index (χ4n) is 2.90. The molecule has 0 aliphatic heterocycles. The zero-order valence-corrected chi connectivity index (χ0v) is 17.3. The Morgan fingerprint density at radius 2 is 1.62 bits per heavy atom. The van der Waals surface area contributed by atoms with Gasteiger partial charge in [-0.3, -0.25) is 4.79 Å². The fraction of sp³-hybridized carbons (Fsp3) is 0.0952. The van der Waals surface area contributed by atoms with Crippen LogP contribution in [-0.4, -0.2) is 27.8 Å². The molecule has 3 aromatic rings. The van der Waals surface area contributed by atoms with Crippen LogP contribution < -0.4 is 19.9 Å². The number of para-hydroxylation sites is 1. The number of halogens is 3. The molecule has 11 heteroatoms. The molecule has 3 aromatic carbocycles. The summed E-state index contributed by atoms with van der Waals surface area (Å²) in [6.45, 7) is 0. The predicted molar refractivity (Wildman–Crippen MR) is 111 cm³/mol. The first-order valence-corrected chi connectivity index (χ1v) is 10.5. The average molecular weight is 466 g/mol. The van der Waals surface area contributed by atoms with E-state index in [2.05, 4.69) is 10.1 Å². The molecule has 168 valence electrons. The van der Waals surface area contributed by atoms with E-state index in [0.29, 0.717) is 5.56 Å². The second-order valence-corrected chi connectivity index (χ2v) is 8.02. The van der Waals surface area contributed by atoms with Crippen molar-refractivity contribution in [2.75, 3.05) is 12.4 Å². The summed E-state index contributed by atoms with van der Waals surface area (Å²) in [4.78, 5) is 12.3. The van der Waals surface area contributed by atoms with E-state index in [1.165, 1.54) is 67.8 Å². The van der Waals surface area contributed by atoms with Gasteiger partial charge in [0.25, 0.3) is 5.91 Å². The van der Waals surface area contributed by atoms with Gasteiger partial charge in [0.1, 0.15) is 16.4 Å². The predicted octanol–water partition coefficient (Wildman–Crippen LogP) is 4.16. The summed E-state index contributed by atoms with van der Waals surface area (Å²) in [7, 11) is -2.75. The van der Waals surface area contributed by atoms with Gasteiger partial charge in [0.05, 0.1) is 7.11 Å². The molecule has 3 N–H and O–H groups in total. The molecule has 7 nitrogen and oxygen atoms in total. The highest BCUT2D eigenvalue weighted by molar-refractivity contribution is 7.89. The van der Waals surface area contributed by atoms with Crippen molar-refractivity contribution in [1.29, 1.82) is 0 Å². The van der Waals surface area contributed by atoms with Gasteiger partial charge >= 0.3 is 6.36 Å². The van der Waals surface area contributed by atoms with Gasteiger partial charge in [-0.15, -0.1) is 13.2 Å². The quantitative estimate of drug-likeness (QED) is 0.567. The number of sulfonamides is 1. The molecule has 0 aliphatic rings. The van der Waals surface area contributed by atoms with E-state index < -0.39 is 22.3 Å². The van der Waals surface area contributed by atoms with Crippen molar-refractivity contribution < 1.29 is 35.9 Å². The topological polar surface area (TPSA) is 108 Å². The summed E-state index contributed by atoms with van der Waals surface area (Å²) in [6.07, 6.45) is -4.84. The van der Waals surface area contributed by atoms with Gasteiger partial charge in [-0.1, -0.05) is 30.3 Å². The number of anilines is 1. The third-order valence-corrected chi connectivity index (χ3v) is 5.25. The molecule has 0 aliphatic carbocycles. The monoisotopic (exact) mass is 466 g/mol. The first kappa shape index (κ1) is 23.1. The van der Waals surface area contributed by atoms with Crippen molar-refractivity contribution in [3.63, 3.8) is 0 Å². The van der Waals surface area contributed by atoms with Crippen molar-refractivity contribution in [1.82, 2.24) is 0 Å². The van der Waals surface area contributed by atoms with Crippen LogP contribution in [0.4, 0.5) is 18.9 Å². The number of rotatable bonds is 6. The number of hydrogen-bond donors (Lipinski definition) is 2. The lowest BCUT2D eigenvalue weighted by Crippen LogP contribution is -2.17. The Bertz CT molecular complexity index is 1240. The number of amides is 1. The molecule has 0 fully saturated rings. The number of benzene rings is 3. The van der Waals surface area contributed by atoms with Crippen molar-refractivity contribution in [3.05, 3.63) is 72.3 Å². The lowest BCUT2D eigenvalue weighted by molar-refractivity contribution is -0.274. The van der Waals surface area contributed by atoms with Gasteiger partial charge in [0.2, 0.25) is 10.0 Å². The first-order chi connectivity index (χ1) is 15.0. The molecule has 0 saturated carbocycles. The molecule has 0 saturated heterocycles. The summed E-state index contributed by atoms with van der Waals surface area (Å²) < 4.78 is 70.1. The van der Waals surface area contributed by atoms with Crippen molar-refractivity contribution in [2.45, 2.75) is 11.3 Å². The smallest absolute Gasteiger partial charge is 0.495 e. The van der Waals surface area contributed by atoms with Gasteiger partial charge in [-0.2, -0.15) is 0 Å². The van der Waals surface area contributed by atoms with Crippen LogP contribution in [0.1, 0.15) is 10.4 Å². The number of primary sulfonamides is 1. The minimum absolute atomic E-state index is 0.0399. The molecular weight excluding hydrogens is 449 g/mol. The highest BCUT2D eigenvalue weighted by Gasteiger charge is 2.32. The zero-order chi connectivity index (χ0) is 23.5. The van der Waals surface area contributed by atoms with Crippen molar-refractivity contribution in [2.24, 2.45) is 5.14 Å². The highest BCUT2D eigenvalue weighted by Crippen LogP contribution is 2.34. The fourth-order valence-corrected chi connectivity index (χ4v) is 3.58. The number of carbonyl (C=O) groups is 1. The lowest BCUT2D eigenvalue weighted by atomic mass is 10.0. The Morgan fingerprint density at radius 1 is 0.969 bits per heavy atom. The second kappa shape index (κ2) is 8.89. The number of carbonyl (C=O) groups excluding carboxylic acids is 1. The number of nitrogens with one attached hydrogen (secondary N) is 1. The van der Waals surface area contributed by atoms with Crippen LogP contribution in [0.15, 0.2) is 71.6 Å². The molecule has 0 spiro atoms. The van der Waals surface area contributed by atoms with Crippen molar-refractivity contribution in [3.8, 4) is 22.6 Å². The van der Waals surface area contributed by atoms with Crippen LogP contribution in [0.25, 0.3) is 11.1 Å². The zero-order valence-electron chi connectivity index (χ0n) is 16.5. The molecule has 0 heterocycles. The van der Waals surface area contributed by atoms with E-state index in [-0.39, 0.29) is 33.2 Å². The molecule has 0 aromatic heterocycles. The van der Waals surface area contributed by atoms with Gasteiger partial charge in [0, 0.05) is 22.9 Å². The number of hydrogen-bond acceptors (Lipinski definition) is 5. The molecule has 0 unspecified atom stereocenters. The third kappa shape index (κ3) is 5.56. The van der Waals surface area contributed by atoms with E-state index >= 15 is 0 Å². The first-order valence-electron chi connectivity index (χ1n) is 8.95. The van der Waals surface area contributed by atoms with E-state index in [1.54, 1.807) is 6.07 Å². The minimum Gasteiger partial charge on any atom is -0.495 e. The Hall–Kier alpha value is -3.57. The van der Waals surface area contributed by atoms with Gasteiger partial charge in [-0.05, 0) is 35.9 Å². The van der Waals surface area contributed by atoms with Gasteiger partial charge < -0.3 is 14.8 Å². The standard InChI is InChI=1S/C21H17F3N2O5S/c1-30-18-12-15(10-11-19(18)32(25,28)29)26-20(27)14-8-6-13(7-9-14)16-4-2-3-5-17(16)31-21(22,23)24/h2-12H,1H3,(H,26,27)(H2,25,28,29). The minimum atomic E-state index is -4.84. The average Bonchev–Trinajstić information content (AvgIpc) is 2.72. The third-order valence-electron chi connectivity index (χ3n) is 4.30. The summed E-state index contributed by atoms with van der Waals surface area (Å²) in [6, 6.07) is 15.3. The molecule has 1 amide bonds. The number of alkyl halides is 3. The van der Waals surface area contributed by atoms with Gasteiger partial charge in [-0.25, -0.2) is 13.6 Å². The number of nitrogens with two attached hydrogens (primary N) is 1. The maximum atomic E-state index is 12.6. The maximum absolute atomic E-state index is 12.6. The van der Waals surface area contributed by atoms with Gasteiger partial charge in [0.15, 0.2) is 0 Å². The Morgan fingerprint density at radius 3 is 2.22 bits per heavy atom. The summed E-state index contributed by atoms with van der Waals surface area (Å²) in [5, 5.41) is 7.70. The second-order valence-electron chi connectivity index (χ2n) is 6.49. The van der Waals surface area contributed by atoms with Crippen LogP contribution in [-0.2, 0) is 10.0 Å².